The molecule has 7 nitrogen and oxygen atoms in total. The number of hydrogen-bond acceptors (Lipinski definition) is 5. The number of likely N-dealkylation sites (tertiary alicyclic amines) is 1. The minimum Gasteiger partial charge on any atom is -0.872 e. The van der Waals surface area contributed by atoms with Gasteiger partial charge >= 0.3 is 0 Å². The topological polar surface area (TPSA) is 83.3 Å². The van der Waals surface area contributed by atoms with Gasteiger partial charge in [-0.3, -0.25) is 9.59 Å². The molecule has 1 fully saturated rings. The van der Waals surface area contributed by atoms with E-state index in [1.165, 1.54) is 4.90 Å². The minimum atomic E-state index is -0.722. The van der Waals surface area contributed by atoms with E-state index in [-0.39, 0.29) is 11.0 Å². The molecule has 0 bridgehead atoms. The van der Waals surface area contributed by atoms with Crippen molar-refractivity contribution >= 4 is 17.4 Å². The van der Waals surface area contributed by atoms with Crippen LogP contribution in [0.25, 0.3) is 5.76 Å². The van der Waals surface area contributed by atoms with Crippen LogP contribution in [0, 0.1) is 0 Å². The number of benzene rings is 2. The molecule has 0 saturated carbocycles. The van der Waals surface area contributed by atoms with Gasteiger partial charge in [0.15, 0.2) is 11.5 Å². The van der Waals surface area contributed by atoms with Gasteiger partial charge in [0, 0.05) is 18.5 Å². The Kier molecular flexibility index (Phi) is 7.93. The van der Waals surface area contributed by atoms with E-state index in [1.807, 2.05) is 24.3 Å². The van der Waals surface area contributed by atoms with E-state index in [2.05, 4.69) is 34.6 Å². The highest BCUT2D eigenvalue weighted by molar-refractivity contribution is 6.46. The summed E-state index contributed by atoms with van der Waals surface area (Å²) < 4.78 is 11.2. The first kappa shape index (κ1) is 26.7. The molecule has 1 amide bonds. The number of carbonyl (C=O) groups is 2. The molecular formula is C30H38N2O5. The maximum Gasteiger partial charge on any atom is 0.295 e. The molecule has 1 unspecified atom stereocenters. The van der Waals surface area contributed by atoms with Gasteiger partial charge in [0.05, 0.1) is 25.7 Å². The van der Waals surface area contributed by atoms with Gasteiger partial charge in [-0.1, -0.05) is 56.9 Å². The zero-order valence-electron chi connectivity index (χ0n) is 22.6. The number of rotatable bonds is 8. The number of ether oxygens (including phenoxy) is 2. The lowest BCUT2D eigenvalue weighted by Gasteiger charge is -2.29. The summed E-state index contributed by atoms with van der Waals surface area (Å²) in [6.45, 7) is 14.8. The number of amides is 1. The molecule has 198 valence electrons. The van der Waals surface area contributed by atoms with Crippen molar-refractivity contribution in [2.24, 2.45) is 0 Å². The summed E-state index contributed by atoms with van der Waals surface area (Å²) in [6.07, 6.45) is 0.748. The third-order valence-corrected chi connectivity index (χ3v) is 7.36. The van der Waals surface area contributed by atoms with E-state index in [9.17, 15) is 14.7 Å². The van der Waals surface area contributed by atoms with Gasteiger partial charge in [0.25, 0.3) is 5.91 Å². The van der Waals surface area contributed by atoms with Crippen LogP contribution in [0.4, 0.5) is 0 Å². The average Bonchev–Trinajstić information content (AvgIpc) is 3.15. The Morgan fingerprint density at radius 1 is 1.00 bits per heavy atom. The van der Waals surface area contributed by atoms with Crippen LogP contribution in [0.1, 0.15) is 63.8 Å². The van der Waals surface area contributed by atoms with Crippen molar-refractivity contribution in [3.63, 3.8) is 0 Å². The Morgan fingerprint density at radius 2 is 1.65 bits per heavy atom. The first-order valence-electron chi connectivity index (χ1n) is 13.3. The predicted octanol–water partition coefficient (Wildman–Crippen LogP) is 2.29. The highest BCUT2D eigenvalue weighted by Crippen LogP contribution is 2.40. The number of carbonyl (C=O) groups excluding carboxylic acids is 2. The second-order valence-corrected chi connectivity index (χ2v) is 10.8. The van der Waals surface area contributed by atoms with Gasteiger partial charge in [-0.2, -0.15) is 0 Å². The molecule has 1 atom stereocenters. The lowest BCUT2D eigenvalue weighted by molar-refractivity contribution is -0.896. The smallest absolute Gasteiger partial charge is 0.295 e. The summed E-state index contributed by atoms with van der Waals surface area (Å²) in [4.78, 5) is 29.6. The highest BCUT2D eigenvalue weighted by atomic mass is 16.6. The number of hydrogen-bond donors (Lipinski definition) is 1. The molecule has 0 aliphatic carbocycles. The molecular weight excluding hydrogens is 468 g/mol. The summed E-state index contributed by atoms with van der Waals surface area (Å²) in [7, 11) is 0. The summed E-state index contributed by atoms with van der Waals surface area (Å²) in [5.41, 5.74) is 2.18. The Morgan fingerprint density at radius 3 is 2.27 bits per heavy atom. The van der Waals surface area contributed by atoms with Crippen molar-refractivity contribution in [2.75, 3.05) is 39.4 Å². The van der Waals surface area contributed by atoms with Crippen LogP contribution in [0.5, 0.6) is 11.5 Å². The number of nitrogens with zero attached hydrogens (tertiary/aromatic N) is 1. The number of fused-ring (bicyclic) bond motifs is 1. The molecule has 2 aliphatic heterocycles. The lowest BCUT2D eigenvalue weighted by atomic mass is 9.85. The highest BCUT2D eigenvalue weighted by Gasteiger charge is 2.44. The molecule has 0 radical (unpaired) electrons. The zero-order valence-corrected chi connectivity index (χ0v) is 22.6. The molecule has 2 heterocycles. The predicted molar refractivity (Wildman–Crippen MR) is 140 cm³/mol. The monoisotopic (exact) mass is 506 g/mol. The van der Waals surface area contributed by atoms with Crippen molar-refractivity contribution in [1.82, 2.24) is 4.90 Å². The first-order valence-corrected chi connectivity index (χ1v) is 13.3. The van der Waals surface area contributed by atoms with Crippen molar-refractivity contribution in [3.05, 3.63) is 64.7 Å². The molecule has 1 saturated heterocycles. The van der Waals surface area contributed by atoms with Crippen LogP contribution in [0.3, 0.4) is 0 Å². The fourth-order valence-electron chi connectivity index (χ4n) is 5.06. The van der Waals surface area contributed by atoms with Crippen LogP contribution in [0.15, 0.2) is 48.0 Å². The van der Waals surface area contributed by atoms with Gasteiger partial charge in [-0.05, 0) is 48.1 Å². The second-order valence-electron chi connectivity index (χ2n) is 10.8. The second kappa shape index (κ2) is 11.0. The summed E-state index contributed by atoms with van der Waals surface area (Å²) in [5.74, 6) is -0.742. The summed E-state index contributed by atoms with van der Waals surface area (Å²) in [6, 6.07) is 12.1. The van der Waals surface area contributed by atoms with Crippen LogP contribution in [-0.2, 0) is 15.0 Å². The molecule has 2 aromatic rings. The molecule has 37 heavy (non-hydrogen) atoms. The minimum absolute atomic E-state index is 0.000345. The van der Waals surface area contributed by atoms with Crippen LogP contribution < -0.4 is 19.5 Å². The quantitative estimate of drug-likeness (QED) is 0.338. The Balaban J connectivity index is 1.75. The van der Waals surface area contributed by atoms with Gasteiger partial charge in [-0.25, -0.2) is 0 Å². The maximum absolute atomic E-state index is 13.8. The van der Waals surface area contributed by atoms with E-state index in [4.69, 9.17) is 9.47 Å². The van der Waals surface area contributed by atoms with E-state index in [1.54, 1.807) is 23.1 Å². The molecule has 0 spiro atoms. The fraction of sp³-hybridized carbons (Fsp3) is 0.467. The van der Waals surface area contributed by atoms with E-state index in [0.717, 1.165) is 37.2 Å². The van der Waals surface area contributed by atoms with Gasteiger partial charge in [0.2, 0.25) is 5.78 Å². The standard InChI is InChI=1S/C30H38N2O5/c1-6-31(7-2)15-8-16-32-26(20-9-12-22(13-10-20)30(3,4)5)25(28(34)29(32)35)27(33)21-11-14-23-24(19-21)37-18-17-36-23/h9-14,19,26,33H,6-8,15-18H2,1-5H3. The molecule has 0 aromatic heterocycles. The average molecular weight is 507 g/mol. The third kappa shape index (κ3) is 5.52. The van der Waals surface area contributed by atoms with E-state index >= 15 is 0 Å². The van der Waals surface area contributed by atoms with Crippen LogP contribution in [-0.4, -0.2) is 56.0 Å². The fourth-order valence-corrected chi connectivity index (χ4v) is 5.06. The van der Waals surface area contributed by atoms with Gasteiger partial charge in [0.1, 0.15) is 13.2 Å². The van der Waals surface area contributed by atoms with E-state index < -0.39 is 23.5 Å². The van der Waals surface area contributed by atoms with Gasteiger partial charge < -0.3 is 24.4 Å². The maximum atomic E-state index is 13.8. The number of ketones is 1. The van der Waals surface area contributed by atoms with Gasteiger partial charge in [-0.15, -0.1) is 0 Å². The van der Waals surface area contributed by atoms with Crippen molar-refractivity contribution < 1.29 is 29.1 Å². The Bertz CT molecular complexity index is 1180. The third-order valence-electron chi connectivity index (χ3n) is 7.36. The summed E-state index contributed by atoms with van der Waals surface area (Å²) >= 11 is 0. The molecule has 2 aliphatic rings. The number of nitrogens with one attached hydrogen (secondary N) is 1. The van der Waals surface area contributed by atoms with E-state index in [0.29, 0.717) is 36.8 Å². The SMILES string of the molecule is CC[NH+](CC)CCCN1C(=O)C(=O)C(=C([O-])c2ccc3c(c2)OCCO3)C1c1ccc(C(C)(C)C)cc1. The Labute approximate surface area is 219 Å². The number of quaternary nitrogens is 1. The van der Waals surface area contributed by atoms with Crippen LogP contribution >= 0.6 is 0 Å². The van der Waals surface area contributed by atoms with Crippen LogP contribution in [0.2, 0.25) is 0 Å². The summed E-state index contributed by atoms with van der Waals surface area (Å²) in [5, 5.41) is 13.8. The zero-order chi connectivity index (χ0) is 26.7. The normalized spacial score (nSPS) is 19.1. The molecule has 2 aromatic carbocycles. The molecule has 4 rings (SSSR count). The van der Waals surface area contributed by atoms with Crippen molar-refractivity contribution in [2.45, 2.75) is 52.5 Å². The van der Waals surface area contributed by atoms with Crippen molar-refractivity contribution in [1.29, 1.82) is 0 Å². The number of Topliss-reactive ketones (excluding diaryl/α,β-unsaturated/α-hetero) is 1. The Hall–Kier alpha value is -3.32. The first-order chi connectivity index (χ1) is 17.7. The largest absolute Gasteiger partial charge is 0.872 e. The molecule has 7 heteroatoms. The van der Waals surface area contributed by atoms with Crippen molar-refractivity contribution in [3.8, 4) is 11.5 Å². The lowest BCUT2D eigenvalue weighted by Crippen LogP contribution is -3.11. The molecule has 1 N–H and O–H groups in total.